The number of urea groups is 1. The zero-order chi connectivity index (χ0) is 24.8. The van der Waals surface area contributed by atoms with E-state index in [1.807, 2.05) is 36.1 Å². The van der Waals surface area contributed by atoms with E-state index in [9.17, 15) is 4.79 Å². The van der Waals surface area contributed by atoms with E-state index in [0.717, 1.165) is 73.0 Å². The summed E-state index contributed by atoms with van der Waals surface area (Å²) in [6.07, 6.45) is 2.58. The molecule has 1 aromatic carbocycles. The lowest BCUT2D eigenvalue weighted by Crippen LogP contribution is -2.36. The van der Waals surface area contributed by atoms with Crippen molar-refractivity contribution in [3.8, 4) is 17.2 Å². The number of amides is 2. The Morgan fingerprint density at radius 1 is 1.25 bits per heavy atom. The Hall–Kier alpha value is -2.96. The number of aromatic nitrogens is 1. The minimum atomic E-state index is -0.0350. The van der Waals surface area contributed by atoms with Gasteiger partial charge in [-0.15, -0.1) is 0 Å². The van der Waals surface area contributed by atoms with Gasteiger partial charge in [-0.25, -0.2) is 9.78 Å². The number of aryl methyl sites for hydroxylation is 1. The molecule has 2 amide bonds. The normalized spacial score (nSPS) is 18.2. The third kappa shape index (κ3) is 6.83. The first-order valence-corrected chi connectivity index (χ1v) is 12.6. The van der Waals surface area contributed by atoms with Crippen LogP contribution in [-0.2, 0) is 4.74 Å². The number of pyridine rings is 1. The summed E-state index contributed by atoms with van der Waals surface area (Å²) in [5.41, 5.74) is 3.97. The SMILES string of the molecule is CC[C@@H]1CCN(C(=O)Nc2ccc(C)c(-c3cc(NC(C)CC#N)nc(N4CCOCC4)c3)c2)C1.S. The Kier molecular flexibility index (Phi) is 9.85. The Balaban J connectivity index is 0.00000361. The van der Waals surface area contributed by atoms with Gasteiger partial charge in [0.2, 0.25) is 0 Å². The standard InChI is InChI=1S/C27H36N6O2.H2S/c1-4-21-8-10-33(18-21)27(34)30-23-6-5-19(2)24(17-23)22-15-25(29-20(3)7-9-28)31-26(16-22)32-11-13-35-14-12-32;/h5-6,15-17,20-21H,4,7-8,10-14,18H2,1-3H3,(H,29,31)(H,30,34);1H2/t20?,21-;/m1./s1. The molecule has 2 aromatic rings. The van der Waals surface area contributed by atoms with Crippen molar-refractivity contribution in [1.29, 1.82) is 5.26 Å². The van der Waals surface area contributed by atoms with E-state index in [-0.39, 0.29) is 25.6 Å². The molecule has 1 unspecified atom stereocenters. The van der Waals surface area contributed by atoms with E-state index in [2.05, 4.69) is 41.5 Å². The molecule has 2 aliphatic heterocycles. The number of carbonyl (C=O) groups is 1. The number of nitrogens with zero attached hydrogens (tertiary/aromatic N) is 4. The molecule has 2 saturated heterocycles. The number of anilines is 3. The van der Waals surface area contributed by atoms with Gasteiger partial charge in [-0.2, -0.15) is 18.8 Å². The Labute approximate surface area is 221 Å². The van der Waals surface area contributed by atoms with Gasteiger partial charge >= 0.3 is 6.03 Å². The second-order valence-corrected chi connectivity index (χ2v) is 9.58. The van der Waals surface area contributed by atoms with Crippen LogP contribution in [0.25, 0.3) is 11.1 Å². The molecule has 2 fully saturated rings. The number of rotatable bonds is 7. The maximum atomic E-state index is 12.9. The molecule has 0 saturated carbocycles. The van der Waals surface area contributed by atoms with Crippen molar-refractivity contribution in [3.63, 3.8) is 0 Å². The van der Waals surface area contributed by atoms with Crippen molar-refractivity contribution in [1.82, 2.24) is 9.88 Å². The maximum Gasteiger partial charge on any atom is 0.321 e. The molecule has 36 heavy (non-hydrogen) atoms. The zero-order valence-corrected chi connectivity index (χ0v) is 22.5. The van der Waals surface area contributed by atoms with Crippen LogP contribution in [0, 0.1) is 24.2 Å². The van der Waals surface area contributed by atoms with Gasteiger partial charge < -0.3 is 25.2 Å². The average molecular weight is 511 g/mol. The lowest BCUT2D eigenvalue weighted by Gasteiger charge is -2.29. The van der Waals surface area contributed by atoms with E-state index >= 15 is 0 Å². The quantitative estimate of drug-likeness (QED) is 0.545. The topological polar surface area (TPSA) is 93.5 Å². The Bertz CT molecular complexity index is 1080. The van der Waals surface area contributed by atoms with Crippen LogP contribution < -0.4 is 15.5 Å². The first-order chi connectivity index (χ1) is 17.0. The summed E-state index contributed by atoms with van der Waals surface area (Å²) in [5.74, 6) is 2.22. The van der Waals surface area contributed by atoms with Gasteiger partial charge in [0, 0.05) is 37.9 Å². The molecule has 0 radical (unpaired) electrons. The number of ether oxygens (including phenoxy) is 1. The molecule has 2 atom stereocenters. The third-order valence-corrected chi connectivity index (χ3v) is 6.89. The number of nitriles is 1. The monoisotopic (exact) mass is 510 g/mol. The zero-order valence-electron chi connectivity index (χ0n) is 21.5. The van der Waals surface area contributed by atoms with Crippen molar-refractivity contribution in [2.45, 2.75) is 46.1 Å². The molecule has 194 valence electrons. The molecule has 9 heteroatoms. The number of carbonyl (C=O) groups excluding carboxylic acids is 1. The highest BCUT2D eigenvalue weighted by atomic mass is 32.1. The van der Waals surface area contributed by atoms with Gasteiger partial charge in [0.05, 0.1) is 25.7 Å². The summed E-state index contributed by atoms with van der Waals surface area (Å²) in [4.78, 5) is 21.8. The molecular formula is C27H38N6O2S. The molecule has 0 bridgehead atoms. The summed E-state index contributed by atoms with van der Waals surface area (Å²) >= 11 is 0. The fourth-order valence-electron chi connectivity index (χ4n) is 4.70. The smallest absolute Gasteiger partial charge is 0.321 e. The fourth-order valence-corrected chi connectivity index (χ4v) is 4.70. The lowest BCUT2D eigenvalue weighted by atomic mass is 10.00. The van der Waals surface area contributed by atoms with Gasteiger partial charge in [-0.1, -0.05) is 19.4 Å². The summed E-state index contributed by atoms with van der Waals surface area (Å²) in [7, 11) is 0. The largest absolute Gasteiger partial charge is 0.378 e. The molecule has 8 nitrogen and oxygen atoms in total. The Morgan fingerprint density at radius 2 is 2.03 bits per heavy atom. The predicted octanol–water partition coefficient (Wildman–Crippen LogP) is 4.98. The number of morpholine rings is 1. The highest BCUT2D eigenvalue weighted by Crippen LogP contribution is 2.32. The summed E-state index contributed by atoms with van der Waals surface area (Å²) in [6, 6.07) is 12.3. The summed E-state index contributed by atoms with van der Waals surface area (Å²) < 4.78 is 5.53. The summed E-state index contributed by atoms with van der Waals surface area (Å²) in [6.45, 7) is 10.8. The molecule has 1 aromatic heterocycles. The number of benzene rings is 1. The van der Waals surface area contributed by atoms with Crippen LogP contribution >= 0.6 is 13.5 Å². The van der Waals surface area contributed by atoms with Gasteiger partial charge in [0.25, 0.3) is 0 Å². The molecular weight excluding hydrogens is 472 g/mol. The van der Waals surface area contributed by atoms with Gasteiger partial charge in [0.15, 0.2) is 0 Å². The molecule has 3 heterocycles. The van der Waals surface area contributed by atoms with Crippen molar-refractivity contribution in [2.24, 2.45) is 5.92 Å². The molecule has 4 rings (SSSR count). The van der Waals surface area contributed by atoms with E-state index in [1.54, 1.807) is 0 Å². The van der Waals surface area contributed by atoms with E-state index in [0.29, 0.717) is 25.6 Å². The van der Waals surface area contributed by atoms with E-state index in [4.69, 9.17) is 15.0 Å². The summed E-state index contributed by atoms with van der Waals surface area (Å²) in [5, 5.41) is 15.6. The first kappa shape index (κ1) is 27.6. The van der Waals surface area contributed by atoms with Crippen molar-refractivity contribution in [3.05, 3.63) is 35.9 Å². The van der Waals surface area contributed by atoms with Crippen LogP contribution in [-0.4, -0.2) is 61.3 Å². The van der Waals surface area contributed by atoms with Gasteiger partial charge in [-0.05, 0) is 67.1 Å². The van der Waals surface area contributed by atoms with Gasteiger partial charge in [0.1, 0.15) is 11.6 Å². The van der Waals surface area contributed by atoms with Crippen LogP contribution in [0.2, 0.25) is 0 Å². The van der Waals surface area contributed by atoms with Crippen LogP contribution in [0.15, 0.2) is 30.3 Å². The van der Waals surface area contributed by atoms with Crippen LogP contribution in [0.3, 0.4) is 0 Å². The minimum Gasteiger partial charge on any atom is -0.378 e. The number of hydrogen-bond donors (Lipinski definition) is 2. The minimum absolute atomic E-state index is 0. The van der Waals surface area contributed by atoms with Gasteiger partial charge in [-0.3, -0.25) is 0 Å². The van der Waals surface area contributed by atoms with Crippen molar-refractivity contribution >= 4 is 36.8 Å². The second kappa shape index (κ2) is 12.8. The van der Waals surface area contributed by atoms with Crippen LogP contribution in [0.1, 0.15) is 38.7 Å². The third-order valence-electron chi connectivity index (χ3n) is 6.89. The predicted molar refractivity (Wildman–Crippen MR) is 150 cm³/mol. The highest BCUT2D eigenvalue weighted by molar-refractivity contribution is 7.59. The van der Waals surface area contributed by atoms with E-state index in [1.165, 1.54) is 0 Å². The highest BCUT2D eigenvalue weighted by Gasteiger charge is 2.25. The second-order valence-electron chi connectivity index (χ2n) is 9.58. The molecule has 2 aliphatic rings. The lowest BCUT2D eigenvalue weighted by molar-refractivity contribution is 0.122. The first-order valence-electron chi connectivity index (χ1n) is 12.6. The average Bonchev–Trinajstić information content (AvgIpc) is 3.35. The number of likely N-dealkylation sites (tertiary alicyclic amines) is 1. The van der Waals surface area contributed by atoms with E-state index < -0.39 is 0 Å². The van der Waals surface area contributed by atoms with Crippen molar-refractivity contribution < 1.29 is 9.53 Å². The molecule has 0 aliphatic carbocycles. The number of hydrogen-bond acceptors (Lipinski definition) is 6. The number of nitrogens with one attached hydrogen (secondary N) is 2. The molecule has 0 spiro atoms. The fraction of sp³-hybridized carbons (Fsp3) is 0.519. The van der Waals surface area contributed by atoms with Crippen LogP contribution in [0.4, 0.5) is 22.1 Å². The van der Waals surface area contributed by atoms with Crippen LogP contribution in [0.5, 0.6) is 0 Å². The maximum absolute atomic E-state index is 12.9. The molecule has 2 N–H and O–H groups in total. The van der Waals surface area contributed by atoms with Crippen molar-refractivity contribution in [2.75, 3.05) is 54.9 Å². The Morgan fingerprint density at radius 3 is 2.72 bits per heavy atom.